The number of rotatable bonds is 8. The Kier molecular flexibility index (Phi) is 11.5. The Morgan fingerprint density at radius 3 is 2.74 bits per heavy atom. The van der Waals surface area contributed by atoms with E-state index >= 15 is 0 Å². The first kappa shape index (κ1) is 27.7. The van der Waals surface area contributed by atoms with Gasteiger partial charge in [-0.1, -0.05) is 65.3 Å². The van der Waals surface area contributed by atoms with Gasteiger partial charge in [-0.15, -0.1) is 0 Å². The van der Waals surface area contributed by atoms with Crippen LogP contribution in [0.15, 0.2) is 62.8 Å². The molecule has 0 spiro atoms. The largest absolute Gasteiger partial charge is 0.320 e. The van der Waals surface area contributed by atoms with Crippen molar-refractivity contribution in [3.05, 3.63) is 63.5 Å². The highest BCUT2D eigenvalue weighted by Gasteiger charge is 2.28. The van der Waals surface area contributed by atoms with Gasteiger partial charge in [0.1, 0.15) is 6.29 Å². The van der Waals surface area contributed by atoms with Gasteiger partial charge in [0.25, 0.3) is 5.91 Å². The number of hydrogen-bond acceptors (Lipinski definition) is 5. The van der Waals surface area contributed by atoms with E-state index in [4.69, 9.17) is 0 Å². The summed E-state index contributed by atoms with van der Waals surface area (Å²) in [5.41, 5.74) is 1.73. The number of para-hydroxylation sites is 1. The summed E-state index contributed by atoms with van der Waals surface area (Å²) in [6.07, 6.45) is 9.52. The first-order valence-corrected chi connectivity index (χ1v) is 14.1. The molecule has 0 saturated carbocycles. The maximum Gasteiger partial charge on any atom is 0.265 e. The fourth-order valence-corrected chi connectivity index (χ4v) is 6.02. The van der Waals surface area contributed by atoms with Crippen LogP contribution in [0.1, 0.15) is 44.6 Å². The number of carbonyl (C=O) groups is 2. The predicted octanol–water partition coefficient (Wildman–Crippen LogP) is 5.99. The molecule has 2 heterocycles. The van der Waals surface area contributed by atoms with Gasteiger partial charge in [-0.05, 0) is 88.3 Å². The van der Waals surface area contributed by atoms with Crippen molar-refractivity contribution in [2.24, 2.45) is 0 Å². The van der Waals surface area contributed by atoms with E-state index in [0.717, 1.165) is 39.5 Å². The summed E-state index contributed by atoms with van der Waals surface area (Å²) in [6.45, 7) is 6.17. The van der Waals surface area contributed by atoms with Crippen molar-refractivity contribution in [3.63, 3.8) is 0 Å². The Morgan fingerprint density at radius 2 is 2.00 bits per heavy atom. The van der Waals surface area contributed by atoms with Crippen LogP contribution in [0, 0.1) is 0 Å². The number of amides is 1. The van der Waals surface area contributed by atoms with Gasteiger partial charge in [-0.25, -0.2) is 0 Å². The fourth-order valence-electron chi connectivity index (χ4n) is 4.54. The zero-order valence-corrected chi connectivity index (χ0v) is 23.1. The van der Waals surface area contributed by atoms with Gasteiger partial charge in [0, 0.05) is 15.4 Å². The fraction of sp³-hybridized carbons (Fsp3) is 0.429. The first-order valence-electron chi connectivity index (χ1n) is 12.5. The highest BCUT2D eigenvalue weighted by atomic mass is 79.9. The number of halogens is 1. The molecule has 1 amide bonds. The zero-order chi connectivity index (χ0) is 25.0. The molecule has 0 aromatic heterocycles. The average Bonchev–Trinajstić information content (AvgIpc) is 2.87. The molecule has 1 unspecified atom stereocenters. The van der Waals surface area contributed by atoms with Crippen molar-refractivity contribution < 1.29 is 9.59 Å². The lowest BCUT2D eigenvalue weighted by molar-refractivity contribution is -0.116. The molecular formula is C28H36BrN3O2S. The molecule has 35 heavy (non-hydrogen) atoms. The van der Waals surface area contributed by atoms with E-state index in [0.29, 0.717) is 4.91 Å². The van der Waals surface area contributed by atoms with E-state index in [2.05, 4.69) is 33.1 Å². The third-order valence-corrected chi connectivity index (χ3v) is 7.90. The van der Waals surface area contributed by atoms with E-state index in [9.17, 15) is 9.59 Å². The molecule has 5 nitrogen and oxygen atoms in total. The maximum atomic E-state index is 12.6. The van der Waals surface area contributed by atoms with Crippen LogP contribution in [-0.2, 0) is 9.59 Å². The molecule has 2 aliphatic rings. The standard InChI is InChI=1S/C17H12BrNO2S.C11H24N2/c18-13-5-3-4-12(10-13)11-16-17(21)19(8-9-20)14-6-1-2-7-15(14)22-16;1-3-11-7-4-5-9-13(11)10-6-8-12-2/h1-7,9-11H,8H2;11-12H,3-10H2,1-2H3/b16-11+;. The Bertz CT molecular complexity index is 1010. The van der Waals surface area contributed by atoms with Crippen LogP contribution in [0.2, 0.25) is 0 Å². The van der Waals surface area contributed by atoms with E-state index in [1.165, 1.54) is 61.9 Å². The first-order chi connectivity index (χ1) is 17.1. The number of aldehydes is 1. The van der Waals surface area contributed by atoms with Gasteiger partial charge in [0.05, 0.1) is 17.1 Å². The van der Waals surface area contributed by atoms with Crippen LogP contribution in [-0.4, -0.2) is 56.4 Å². The minimum absolute atomic E-state index is 0.0617. The molecule has 1 saturated heterocycles. The molecule has 1 atom stereocenters. The summed E-state index contributed by atoms with van der Waals surface area (Å²) in [7, 11) is 2.04. The van der Waals surface area contributed by atoms with Crippen molar-refractivity contribution >= 4 is 51.6 Å². The summed E-state index contributed by atoms with van der Waals surface area (Å²) in [5.74, 6) is -0.143. The minimum Gasteiger partial charge on any atom is -0.320 e. The molecule has 2 aromatic rings. The molecule has 0 aliphatic carbocycles. The number of benzene rings is 2. The number of thioether (sulfide) groups is 1. The van der Waals surface area contributed by atoms with Crippen LogP contribution in [0.25, 0.3) is 6.08 Å². The topological polar surface area (TPSA) is 52.7 Å². The Balaban J connectivity index is 0.000000225. The number of fused-ring (bicyclic) bond motifs is 1. The summed E-state index contributed by atoms with van der Waals surface area (Å²) < 4.78 is 0.959. The molecule has 0 bridgehead atoms. The van der Waals surface area contributed by atoms with E-state index in [1.54, 1.807) is 0 Å². The molecule has 2 aliphatic heterocycles. The third kappa shape index (κ3) is 8.04. The monoisotopic (exact) mass is 557 g/mol. The van der Waals surface area contributed by atoms with Gasteiger partial charge in [-0.3, -0.25) is 9.69 Å². The number of nitrogens with zero attached hydrogens (tertiary/aromatic N) is 2. The number of piperidine rings is 1. The van der Waals surface area contributed by atoms with Crippen LogP contribution in [0.4, 0.5) is 5.69 Å². The maximum absolute atomic E-state index is 12.6. The van der Waals surface area contributed by atoms with Crippen LogP contribution in [0.3, 0.4) is 0 Å². The lowest BCUT2D eigenvalue weighted by Crippen LogP contribution is -2.40. The second-order valence-corrected chi connectivity index (χ2v) is 10.8. The second kappa shape index (κ2) is 14.6. The van der Waals surface area contributed by atoms with E-state index in [-0.39, 0.29) is 12.5 Å². The number of anilines is 1. The molecule has 1 N–H and O–H groups in total. The van der Waals surface area contributed by atoms with Crippen molar-refractivity contribution in [1.29, 1.82) is 0 Å². The number of likely N-dealkylation sites (tertiary alicyclic amines) is 1. The Hall–Kier alpha value is -1.93. The SMILES string of the molecule is CCC1CCCCN1CCCNC.O=CCN1C(=O)/C(=C\c2cccc(Br)c2)Sc2ccccc21. The molecular weight excluding hydrogens is 522 g/mol. The highest BCUT2D eigenvalue weighted by Crippen LogP contribution is 2.41. The summed E-state index contributed by atoms with van der Waals surface area (Å²) in [6, 6.07) is 16.2. The third-order valence-electron chi connectivity index (χ3n) is 6.33. The predicted molar refractivity (Wildman–Crippen MR) is 151 cm³/mol. The smallest absolute Gasteiger partial charge is 0.265 e. The summed E-state index contributed by atoms with van der Waals surface area (Å²) in [5, 5.41) is 3.21. The Labute approximate surface area is 222 Å². The van der Waals surface area contributed by atoms with Crippen LogP contribution < -0.4 is 10.2 Å². The van der Waals surface area contributed by atoms with Gasteiger partial charge >= 0.3 is 0 Å². The van der Waals surface area contributed by atoms with Crippen LogP contribution in [0.5, 0.6) is 0 Å². The van der Waals surface area contributed by atoms with Crippen molar-refractivity contribution in [2.45, 2.75) is 50.0 Å². The van der Waals surface area contributed by atoms with Crippen LogP contribution >= 0.6 is 27.7 Å². The lowest BCUT2D eigenvalue weighted by atomic mass is 10.00. The molecule has 4 rings (SSSR count). The number of hydrogen-bond donors (Lipinski definition) is 1. The molecule has 1 fully saturated rings. The highest BCUT2D eigenvalue weighted by molar-refractivity contribution is 9.10. The minimum atomic E-state index is -0.143. The molecule has 7 heteroatoms. The second-order valence-electron chi connectivity index (χ2n) is 8.77. The molecule has 0 radical (unpaired) electrons. The van der Waals surface area contributed by atoms with E-state index in [1.807, 2.05) is 61.7 Å². The van der Waals surface area contributed by atoms with Gasteiger partial charge in [-0.2, -0.15) is 0 Å². The Morgan fingerprint density at radius 1 is 1.17 bits per heavy atom. The van der Waals surface area contributed by atoms with Crippen molar-refractivity contribution in [2.75, 3.05) is 38.1 Å². The van der Waals surface area contributed by atoms with Gasteiger partial charge < -0.3 is 15.0 Å². The van der Waals surface area contributed by atoms with Crippen molar-refractivity contribution in [3.8, 4) is 0 Å². The van der Waals surface area contributed by atoms with E-state index < -0.39 is 0 Å². The van der Waals surface area contributed by atoms with Crippen molar-refractivity contribution in [1.82, 2.24) is 10.2 Å². The molecule has 2 aromatic carbocycles. The van der Waals surface area contributed by atoms with Gasteiger partial charge in [0.2, 0.25) is 0 Å². The normalized spacial score (nSPS) is 19.2. The summed E-state index contributed by atoms with van der Waals surface area (Å²) in [4.78, 5) is 29.3. The zero-order valence-electron chi connectivity index (χ0n) is 20.7. The quantitative estimate of drug-likeness (QED) is 0.245. The molecule has 188 valence electrons. The van der Waals surface area contributed by atoms with Gasteiger partial charge in [0.15, 0.2) is 0 Å². The average molecular weight is 559 g/mol. The number of carbonyl (C=O) groups excluding carboxylic acids is 2. The lowest BCUT2D eigenvalue weighted by Gasteiger charge is -2.35. The summed E-state index contributed by atoms with van der Waals surface area (Å²) >= 11 is 4.86. The number of nitrogens with one attached hydrogen (secondary N) is 1.